The normalized spacial score (nSPS) is 15.9. The van der Waals surface area contributed by atoms with Crippen LogP contribution in [0.1, 0.15) is 40.0 Å². The third kappa shape index (κ3) is 4.61. The largest absolute Gasteiger partial charge is 0.480 e. The first-order chi connectivity index (χ1) is 6.77. The van der Waals surface area contributed by atoms with Gasteiger partial charge in [0.15, 0.2) is 0 Å². The van der Waals surface area contributed by atoms with Crippen molar-refractivity contribution in [1.82, 2.24) is 4.72 Å². The molecule has 0 bridgehead atoms. The lowest BCUT2D eigenvalue weighted by atomic mass is 9.98. The van der Waals surface area contributed by atoms with Crippen LogP contribution in [0, 0.1) is 0 Å². The van der Waals surface area contributed by atoms with Gasteiger partial charge < -0.3 is 5.11 Å². The van der Waals surface area contributed by atoms with Gasteiger partial charge in [0.05, 0.1) is 5.75 Å². The average Bonchev–Trinajstić information content (AvgIpc) is 2.02. The molecular weight excluding hydrogens is 218 g/mol. The summed E-state index contributed by atoms with van der Waals surface area (Å²) in [4.78, 5) is 11.0. The molecule has 0 fully saturated rings. The number of sulfonamides is 1. The monoisotopic (exact) mass is 237 g/mol. The van der Waals surface area contributed by atoms with Gasteiger partial charge in [0.25, 0.3) is 0 Å². The Morgan fingerprint density at radius 2 is 1.87 bits per heavy atom. The molecule has 0 aromatic heterocycles. The average molecular weight is 237 g/mol. The van der Waals surface area contributed by atoms with Crippen molar-refractivity contribution < 1.29 is 18.3 Å². The van der Waals surface area contributed by atoms with Crippen molar-refractivity contribution in [2.45, 2.75) is 45.6 Å². The number of hydrogen-bond acceptors (Lipinski definition) is 3. The number of hydrogen-bond donors (Lipinski definition) is 2. The van der Waals surface area contributed by atoms with E-state index in [0.717, 1.165) is 0 Å². The van der Waals surface area contributed by atoms with E-state index in [-0.39, 0.29) is 12.2 Å². The van der Waals surface area contributed by atoms with Crippen LogP contribution in [0.25, 0.3) is 0 Å². The van der Waals surface area contributed by atoms with E-state index >= 15 is 0 Å². The Morgan fingerprint density at radius 1 is 1.33 bits per heavy atom. The topological polar surface area (TPSA) is 83.5 Å². The van der Waals surface area contributed by atoms with Crippen LogP contribution in [0.15, 0.2) is 0 Å². The van der Waals surface area contributed by atoms with Gasteiger partial charge in [0.1, 0.15) is 5.54 Å². The fourth-order valence-corrected chi connectivity index (χ4v) is 2.88. The second-order valence-corrected chi connectivity index (χ2v) is 5.65. The van der Waals surface area contributed by atoms with Gasteiger partial charge in [-0.15, -0.1) is 0 Å². The second-order valence-electron chi connectivity index (χ2n) is 3.81. The number of aliphatic carboxylic acids is 1. The van der Waals surface area contributed by atoms with Gasteiger partial charge in [0, 0.05) is 0 Å². The Bertz CT molecular complexity index is 312. The van der Waals surface area contributed by atoms with Crippen LogP contribution in [-0.2, 0) is 14.8 Å². The molecule has 0 aromatic carbocycles. The molecule has 0 saturated heterocycles. The third-order valence-corrected chi connectivity index (χ3v) is 3.78. The smallest absolute Gasteiger partial charge is 0.324 e. The zero-order valence-corrected chi connectivity index (χ0v) is 10.2. The van der Waals surface area contributed by atoms with Crippen LogP contribution in [0.5, 0.6) is 0 Å². The summed E-state index contributed by atoms with van der Waals surface area (Å²) in [6, 6.07) is 0. The van der Waals surface area contributed by atoms with Crippen LogP contribution >= 0.6 is 0 Å². The SMILES string of the molecule is CCCC(C)(NS(=O)(=O)CCC)C(=O)O. The molecule has 0 spiro atoms. The van der Waals surface area contributed by atoms with Crippen molar-refractivity contribution in [1.29, 1.82) is 0 Å². The van der Waals surface area contributed by atoms with Gasteiger partial charge in [-0.2, -0.15) is 4.72 Å². The van der Waals surface area contributed by atoms with E-state index in [9.17, 15) is 13.2 Å². The van der Waals surface area contributed by atoms with Crippen LogP contribution in [0.3, 0.4) is 0 Å². The Hall–Kier alpha value is -0.620. The molecular formula is C9H19NO4S. The minimum atomic E-state index is -3.49. The van der Waals surface area contributed by atoms with E-state index in [1.54, 1.807) is 6.92 Å². The molecule has 1 atom stereocenters. The Labute approximate surface area is 90.9 Å². The van der Waals surface area contributed by atoms with E-state index in [0.29, 0.717) is 12.8 Å². The van der Waals surface area contributed by atoms with Gasteiger partial charge in [-0.25, -0.2) is 8.42 Å². The van der Waals surface area contributed by atoms with E-state index in [2.05, 4.69) is 4.72 Å². The summed E-state index contributed by atoms with van der Waals surface area (Å²) < 4.78 is 25.1. The molecule has 1 unspecified atom stereocenters. The number of carboxylic acid groups (broad SMARTS) is 1. The van der Waals surface area contributed by atoms with Crippen molar-refractivity contribution >= 4 is 16.0 Å². The summed E-state index contributed by atoms with van der Waals surface area (Å²) >= 11 is 0. The summed E-state index contributed by atoms with van der Waals surface area (Å²) in [5.41, 5.74) is -1.39. The molecule has 0 aliphatic heterocycles. The zero-order valence-electron chi connectivity index (χ0n) is 9.41. The summed E-state index contributed by atoms with van der Waals surface area (Å²) in [7, 11) is -3.49. The lowest BCUT2D eigenvalue weighted by molar-refractivity contribution is -0.143. The van der Waals surface area contributed by atoms with Crippen LogP contribution < -0.4 is 4.72 Å². The van der Waals surface area contributed by atoms with Gasteiger partial charge >= 0.3 is 5.97 Å². The zero-order chi connectivity index (χ0) is 12.1. The number of carbonyl (C=O) groups is 1. The van der Waals surface area contributed by atoms with Crippen LogP contribution in [-0.4, -0.2) is 30.8 Å². The molecule has 2 N–H and O–H groups in total. The first kappa shape index (κ1) is 14.4. The van der Waals surface area contributed by atoms with E-state index in [1.807, 2.05) is 6.92 Å². The Morgan fingerprint density at radius 3 is 2.20 bits per heavy atom. The maximum atomic E-state index is 11.5. The molecule has 0 aromatic rings. The number of nitrogens with one attached hydrogen (secondary N) is 1. The minimum absolute atomic E-state index is 0.0421. The fraction of sp³-hybridized carbons (Fsp3) is 0.889. The predicted molar refractivity (Wildman–Crippen MR) is 58.2 cm³/mol. The third-order valence-electron chi connectivity index (χ3n) is 2.08. The number of rotatable bonds is 7. The van der Waals surface area contributed by atoms with E-state index < -0.39 is 21.5 Å². The molecule has 0 saturated carbocycles. The summed E-state index contributed by atoms with van der Waals surface area (Å²) in [5.74, 6) is -1.18. The van der Waals surface area contributed by atoms with Crippen molar-refractivity contribution in [3.8, 4) is 0 Å². The Balaban J connectivity index is 4.76. The highest BCUT2D eigenvalue weighted by molar-refractivity contribution is 7.89. The molecule has 90 valence electrons. The molecule has 0 radical (unpaired) electrons. The van der Waals surface area contributed by atoms with Crippen molar-refractivity contribution in [3.63, 3.8) is 0 Å². The number of carboxylic acids is 1. The van der Waals surface area contributed by atoms with Crippen molar-refractivity contribution in [2.75, 3.05) is 5.75 Å². The van der Waals surface area contributed by atoms with Gasteiger partial charge in [-0.05, 0) is 19.8 Å². The standard InChI is InChI=1S/C9H19NO4S/c1-4-6-9(3,8(11)12)10-15(13,14)7-5-2/h10H,4-7H2,1-3H3,(H,11,12). The minimum Gasteiger partial charge on any atom is -0.480 e. The Kier molecular flexibility index (Phi) is 5.23. The van der Waals surface area contributed by atoms with Gasteiger partial charge in [-0.3, -0.25) is 4.79 Å². The molecule has 0 aliphatic carbocycles. The molecule has 0 rings (SSSR count). The van der Waals surface area contributed by atoms with E-state index in [4.69, 9.17) is 5.11 Å². The van der Waals surface area contributed by atoms with Crippen molar-refractivity contribution in [2.24, 2.45) is 0 Å². The summed E-state index contributed by atoms with van der Waals surface area (Å²) in [6.45, 7) is 4.94. The van der Waals surface area contributed by atoms with Crippen LogP contribution in [0.4, 0.5) is 0 Å². The molecule has 0 aliphatic rings. The molecule has 0 heterocycles. The predicted octanol–water partition coefficient (Wildman–Crippen LogP) is 0.959. The lowest BCUT2D eigenvalue weighted by Crippen LogP contribution is -2.52. The summed E-state index contributed by atoms with van der Waals surface area (Å²) in [6.07, 6.45) is 1.36. The maximum Gasteiger partial charge on any atom is 0.324 e. The summed E-state index contributed by atoms with van der Waals surface area (Å²) in [5, 5.41) is 8.97. The van der Waals surface area contributed by atoms with Gasteiger partial charge in [-0.1, -0.05) is 20.3 Å². The quantitative estimate of drug-likeness (QED) is 0.690. The van der Waals surface area contributed by atoms with E-state index in [1.165, 1.54) is 6.92 Å². The molecule has 6 heteroatoms. The van der Waals surface area contributed by atoms with Crippen molar-refractivity contribution in [3.05, 3.63) is 0 Å². The second kappa shape index (κ2) is 5.46. The molecule has 5 nitrogen and oxygen atoms in total. The first-order valence-corrected chi connectivity index (χ1v) is 6.67. The van der Waals surface area contributed by atoms with Gasteiger partial charge in [0.2, 0.25) is 10.0 Å². The highest BCUT2D eigenvalue weighted by atomic mass is 32.2. The molecule has 15 heavy (non-hydrogen) atoms. The van der Waals surface area contributed by atoms with Crippen LogP contribution in [0.2, 0.25) is 0 Å². The highest BCUT2D eigenvalue weighted by Crippen LogP contribution is 2.14. The maximum absolute atomic E-state index is 11.5. The fourth-order valence-electron chi connectivity index (χ4n) is 1.36. The highest BCUT2D eigenvalue weighted by Gasteiger charge is 2.35. The first-order valence-electron chi connectivity index (χ1n) is 5.02. The lowest BCUT2D eigenvalue weighted by Gasteiger charge is -2.25. The molecule has 0 amide bonds.